The van der Waals surface area contributed by atoms with Crippen LogP contribution in [0.4, 0.5) is 5.82 Å². The molecule has 1 aliphatic heterocycles. The van der Waals surface area contributed by atoms with E-state index in [-0.39, 0.29) is 6.79 Å². The van der Waals surface area contributed by atoms with Gasteiger partial charge in [0.15, 0.2) is 11.5 Å². The lowest BCUT2D eigenvalue weighted by atomic mass is 10.0. The van der Waals surface area contributed by atoms with Gasteiger partial charge in [0.2, 0.25) is 6.79 Å². The molecule has 0 unspecified atom stereocenters. The number of aromatic nitrogens is 2. The third-order valence-electron chi connectivity index (χ3n) is 2.73. The van der Waals surface area contributed by atoms with Gasteiger partial charge in [-0.1, -0.05) is 6.07 Å². The van der Waals surface area contributed by atoms with E-state index in [1.165, 1.54) is 6.33 Å². The summed E-state index contributed by atoms with van der Waals surface area (Å²) in [6.07, 6.45) is 1.46. The number of ether oxygens (including phenoxy) is 2. The van der Waals surface area contributed by atoms with E-state index in [0.717, 1.165) is 28.3 Å². The highest BCUT2D eigenvalue weighted by atomic mass is 16.7. The van der Waals surface area contributed by atoms with Gasteiger partial charge in [0.25, 0.3) is 0 Å². The second-order valence-electron chi connectivity index (χ2n) is 3.79. The maximum Gasteiger partial charge on any atom is 0.231 e. The number of benzene rings is 1. The Bertz CT molecular complexity index is 564. The largest absolute Gasteiger partial charge is 0.454 e. The molecule has 0 spiro atoms. The molecule has 0 saturated heterocycles. The van der Waals surface area contributed by atoms with Crippen molar-refractivity contribution < 1.29 is 9.47 Å². The van der Waals surface area contributed by atoms with Crippen LogP contribution in [-0.4, -0.2) is 16.8 Å². The number of hydrogen-bond acceptors (Lipinski definition) is 5. The molecule has 0 fully saturated rings. The van der Waals surface area contributed by atoms with Crippen LogP contribution in [0.25, 0.3) is 11.1 Å². The molecule has 1 aromatic carbocycles. The summed E-state index contributed by atoms with van der Waals surface area (Å²) in [5.74, 6) is 1.95. The van der Waals surface area contributed by atoms with Gasteiger partial charge < -0.3 is 15.2 Å². The Hall–Kier alpha value is -2.30. The monoisotopic (exact) mass is 229 g/mol. The van der Waals surface area contributed by atoms with Gasteiger partial charge in [-0.25, -0.2) is 9.97 Å². The summed E-state index contributed by atoms with van der Waals surface area (Å²) < 4.78 is 10.6. The van der Waals surface area contributed by atoms with Crippen LogP contribution in [0, 0.1) is 6.92 Å². The van der Waals surface area contributed by atoms with Gasteiger partial charge in [-0.15, -0.1) is 0 Å². The highest BCUT2D eigenvalue weighted by Crippen LogP contribution is 2.37. The predicted octanol–water partition coefficient (Wildman–Crippen LogP) is 1.76. The first-order chi connectivity index (χ1) is 8.25. The smallest absolute Gasteiger partial charge is 0.231 e. The molecule has 2 N–H and O–H groups in total. The van der Waals surface area contributed by atoms with Crippen LogP contribution < -0.4 is 15.2 Å². The molecule has 0 aliphatic carbocycles. The van der Waals surface area contributed by atoms with E-state index in [2.05, 4.69) is 9.97 Å². The molecule has 0 bridgehead atoms. The van der Waals surface area contributed by atoms with Crippen LogP contribution in [-0.2, 0) is 0 Å². The Labute approximate surface area is 98.2 Å². The summed E-state index contributed by atoms with van der Waals surface area (Å²) in [5.41, 5.74) is 8.49. The number of nitrogens with zero attached hydrogens (tertiary/aromatic N) is 2. The average Bonchev–Trinajstić information content (AvgIpc) is 2.76. The van der Waals surface area contributed by atoms with Gasteiger partial charge in [0.1, 0.15) is 12.1 Å². The minimum absolute atomic E-state index is 0.262. The van der Waals surface area contributed by atoms with Crippen molar-refractivity contribution in [1.82, 2.24) is 9.97 Å². The second kappa shape index (κ2) is 3.62. The number of nitrogens with two attached hydrogens (primary N) is 1. The quantitative estimate of drug-likeness (QED) is 0.806. The van der Waals surface area contributed by atoms with Gasteiger partial charge >= 0.3 is 0 Å². The van der Waals surface area contributed by atoms with Crippen molar-refractivity contribution >= 4 is 5.82 Å². The average molecular weight is 229 g/mol. The van der Waals surface area contributed by atoms with Crippen molar-refractivity contribution in [3.63, 3.8) is 0 Å². The highest BCUT2D eigenvalue weighted by Gasteiger charge is 2.16. The minimum Gasteiger partial charge on any atom is -0.454 e. The summed E-state index contributed by atoms with van der Waals surface area (Å²) in [6.45, 7) is 2.16. The maximum atomic E-state index is 5.88. The molecule has 0 saturated carbocycles. The molecule has 2 heterocycles. The van der Waals surface area contributed by atoms with Crippen LogP contribution in [0.3, 0.4) is 0 Å². The van der Waals surface area contributed by atoms with Crippen LogP contribution >= 0.6 is 0 Å². The first-order valence-corrected chi connectivity index (χ1v) is 5.23. The van der Waals surface area contributed by atoms with Crippen molar-refractivity contribution in [3.8, 4) is 22.6 Å². The zero-order chi connectivity index (χ0) is 11.8. The minimum atomic E-state index is 0.262. The molecule has 3 rings (SSSR count). The third kappa shape index (κ3) is 1.56. The summed E-state index contributed by atoms with van der Waals surface area (Å²) >= 11 is 0. The molecular weight excluding hydrogens is 218 g/mol. The molecule has 1 aliphatic rings. The van der Waals surface area contributed by atoms with E-state index in [0.29, 0.717) is 5.82 Å². The summed E-state index contributed by atoms with van der Waals surface area (Å²) in [5, 5.41) is 0. The van der Waals surface area contributed by atoms with Gasteiger partial charge in [0.05, 0.1) is 5.69 Å². The van der Waals surface area contributed by atoms with Crippen LogP contribution in [0.2, 0.25) is 0 Å². The normalized spacial score (nSPS) is 12.8. The SMILES string of the molecule is Cc1ncnc(N)c1-c1ccc2c(c1)OCO2. The van der Waals surface area contributed by atoms with Crippen LogP contribution in [0.5, 0.6) is 11.5 Å². The van der Waals surface area contributed by atoms with E-state index in [1.54, 1.807) is 0 Å². The Balaban J connectivity index is 2.16. The molecule has 0 atom stereocenters. The van der Waals surface area contributed by atoms with Gasteiger partial charge in [0, 0.05) is 5.56 Å². The molecular formula is C12H11N3O2. The Morgan fingerprint density at radius 2 is 2.00 bits per heavy atom. The molecule has 0 radical (unpaired) electrons. The standard InChI is InChI=1S/C12H11N3O2/c1-7-11(12(13)15-5-14-7)8-2-3-9-10(4-8)17-6-16-9/h2-5H,6H2,1H3,(H2,13,14,15). The number of fused-ring (bicyclic) bond motifs is 1. The zero-order valence-corrected chi connectivity index (χ0v) is 9.30. The van der Waals surface area contributed by atoms with Crippen molar-refractivity contribution in [2.45, 2.75) is 6.92 Å². The van der Waals surface area contributed by atoms with Crippen LogP contribution in [0.15, 0.2) is 24.5 Å². The Morgan fingerprint density at radius 3 is 2.82 bits per heavy atom. The number of aryl methyl sites for hydroxylation is 1. The lowest BCUT2D eigenvalue weighted by Gasteiger charge is -2.08. The first-order valence-electron chi connectivity index (χ1n) is 5.23. The fraction of sp³-hybridized carbons (Fsp3) is 0.167. The van der Waals surface area contributed by atoms with E-state index in [1.807, 2.05) is 25.1 Å². The van der Waals surface area contributed by atoms with Crippen LogP contribution in [0.1, 0.15) is 5.69 Å². The lowest BCUT2D eigenvalue weighted by Crippen LogP contribution is -1.98. The fourth-order valence-electron chi connectivity index (χ4n) is 1.90. The van der Waals surface area contributed by atoms with E-state index >= 15 is 0 Å². The van der Waals surface area contributed by atoms with E-state index in [4.69, 9.17) is 15.2 Å². The van der Waals surface area contributed by atoms with Crippen molar-refractivity contribution in [2.24, 2.45) is 0 Å². The number of rotatable bonds is 1. The van der Waals surface area contributed by atoms with Crippen molar-refractivity contribution in [2.75, 3.05) is 12.5 Å². The molecule has 5 heteroatoms. The summed E-state index contributed by atoms with van der Waals surface area (Å²) in [4.78, 5) is 8.15. The van der Waals surface area contributed by atoms with Gasteiger partial charge in [-0.2, -0.15) is 0 Å². The second-order valence-corrected chi connectivity index (χ2v) is 3.79. The van der Waals surface area contributed by atoms with Gasteiger partial charge in [-0.3, -0.25) is 0 Å². The summed E-state index contributed by atoms with van der Waals surface area (Å²) in [6, 6.07) is 5.68. The van der Waals surface area contributed by atoms with Crippen molar-refractivity contribution in [1.29, 1.82) is 0 Å². The maximum absolute atomic E-state index is 5.88. The molecule has 5 nitrogen and oxygen atoms in total. The number of nitrogen functional groups attached to an aromatic ring is 1. The molecule has 2 aromatic rings. The van der Waals surface area contributed by atoms with Gasteiger partial charge in [-0.05, 0) is 24.6 Å². The predicted molar refractivity (Wildman–Crippen MR) is 62.7 cm³/mol. The third-order valence-corrected chi connectivity index (χ3v) is 2.73. The topological polar surface area (TPSA) is 70.3 Å². The first kappa shape index (κ1) is 9.89. The summed E-state index contributed by atoms with van der Waals surface area (Å²) in [7, 11) is 0. The zero-order valence-electron chi connectivity index (χ0n) is 9.30. The molecule has 17 heavy (non-hydrogen) atoms. The van der Waals surface area contributed by atoms with E-state index in [9.17, 15) is 0 Å². The molecule has 86 valence electrons. The fourth-order valence-corrected chi connectivity index (χ4v) is 1.90. The molecule has 0 amide bonds. The Morgan fingerprint density at radius 1 is 1.18 bits per heavy atom. The lowest BCUT2D eigenvalue weighted by molar-refractivity contribution is 0.174. The van der Waals surface area contributed by atoms with Crippen molar-refractivity contribution in [3.05, 3.63) is 30.2 Å². The molecule has 1 aromatic heterocycles. The number of anilines is 1. The highest BCUT2D eigenvalue weighted by molar-refractivity contribution is 5.77. The number of hydrogen-bond donors (Lipinski definition) is 1. The van der Waals surface area contributed by atoms with E-state index < -0.39 is 0 Å². The Kier molecular flexibility index (Phi) is 2.11.